The third-order valence-electron chi connectivity index (χ3n) is 3.12. The Morgan fingerprint density at radius 3 is 2.89 bits per heavy atom. The second kappa shape index (κ2) is 5.83. The van der Waals surface area contributed by atoms with Crippen molar-refractivity contribution >= 4 is 0 Å². The quantitative estimate of drug-likeness (QED) is 0.877. The van der Waals surface area contributed by atoms with Crippen molar-refractivity contribution in [3.05, 3.63) is 53.6 Å². The van der Waals surface area contributed by atoms with Crippen molar-refractivity contribution in [3.8, 4) is 0 Å². The summed E-state index contributed by atoms with van der Waals surface area (Å²) in [4.78, 5) is 4.51. The summed E-state index contributed by atoms with van der Waals surface area (Å²) < 4.78 is 2.17. The van der Waals surface area contributed by atoms with Gasteiger partial charge in [0.05, 0.1) is 12.2 Å². The molecular formula is C15H21N3. The fraction of sp³-hybridized carbons (Fsp3) is 0.400. The number of pyridine rings is 1. The van der Waals surface area contributed by atoms with Crippen LogP contribution in [0.2, 0.25) is 0 Å². The van der Waals surface area contributed by atoms with E-state index >= 15 is 0 Å². The average molecular weight is 243 g/mol. The van der Waals surface area contributed by atoms with Gasteiger partial charge in [-0.3, -0.25) is 4.98 Å². The van der Waals surface area contributed by atoms with Gasteiger partial charge in [-0.15, -0.1) is 0 Å². The van der Waals surface area contributed by atoms with Crippen molar-refractivity contribution in [3.63, 3.8) is 0 Å². The number of nitrogens with two attached hydrogens (primary N) is 1. The van der Waals surface area contributed by atoms with Crippen molar-refractivity contribution in [1.29, 1.82) is 0 Å². The van der Waals surface area contributed by atoms with Crippen molar-refractivity contribution in [2.45, 2.75) is 39.3 Å². The Balaban J connectivity index is 2.02. The molecule has 2 aromatic heterocycles. The van der Waals surface area contributed by atoms with E-state index in [2.05, 4.69) is 47.1 Å². The van der Waals surface area contributed by atoms with Gasteiger partial charge >= 0.3 is 0 Å². The van der Waals surface area contributed by atoms with Crippen LogP contribution in [0.1, 0.15) is 30.3 Å². The average Bonchev–Trinajstić information content (AvgIpc) is 2.76. The van der Waals surface area contributed by atoms with Crippen LogP contribution in [0.5, 0.6) is 0 Å². The third-order valence-corrected chi connectivity index (χ3v) is 3.12. The highest BCUT2D eigenvalue weighted by atomic mass is 15.0. The van der Waals surface area contributed by atoms with Crippen LogP contribution in [0.3, 0.4) is 0 Å². The molecule has 1 atom stereocenters. The summed E-state index contributed by atoms with van der Waals surface area (Å²) in [5, 5.41) is 0. The molecule has 1 unspecified atom stereocenters. The molecule has 2 heterocycles. The van der Waals surface area contributed by atoms with Gasteiger partial charge in [-0.2, -0.15) is 0 Å². The standard InChI is InChI=1S/C15H21N3/c1-3-14(16)9-13-7-8-18(10-13)11-15-6-4-5-12(2)17-15/h4-8,10,14H,3,9,11,16H2,1-2H3. The number of rotatable bonds is 5. The van der Waals surface area contributed by atoms with Crippen LogP contribution in [-0.2, 0) is 13.0 Å². The van der Waals surface area contributed by atoms with Gasteiger partial charge in [0, 0.05) is 24.1 Å². The molecule has 0 amide bonds. The zero-order chi connectivity index (χ0) is 13.0. The fourth-order valence-corrected chi connectivity index (χ4v) is 2.03. The van der Waals surface area contributed by atoms with Gasteiger partial charge in [0.25, 0.3) is 0 Å². The molecule has 0 fully saturated rings. The fourth-order valence-electron chi connectivity index (χ4n) is 2.03. The minimum absolute atomic E-state index is 0.262. The molecule has 0 saturated heterocycles. The number of aryl methyl sites for hydroxylation is 1. The lowest BCUT2D eigenvalue weighted by Crippen LogP contribution is -2.21. The van der Waals surface area contributed by atoms with Crippen LogP contribution in [0, 0.1) is 6.92 Å². The first kappa shape index (κ1) is 12.8. The lowest BCUT2D eigenvalue weighted by Gasteiger charge is -2.06. The van der Waals surface area contributed by atoms with Gasteiger partial charge in [-0.05, 0) is 43.5 Å². The van der Waals surface area contributed by atoms with E-state index in [1.165, 1.54) is 5.56 Å². The molecule has 2 N–H and O–H groups in total. The summed E-state index contributed by atoms with van der Waals surface area (Å²) in [5.74, 6) is 0. The Hall–Kier alpha value is -1.61. The van der Waals surface area contributed by atoms with E-state index in [4.69, 9.17) is 5.73 Å². The first-order chi connectivity index (χ1) is 8.67. The lowest BCUT2D eigenvalue weighted by atomic mass is 10.1. The van der Waals surface area contributed by atoms with Crippen molar-refractivity contribution < 1.29 is 0 Å². The van der Waals surface area contributed by atoms with Crippen LogP contribution in [0.4, 0.5) is 0 Å². The molecule has 0 saturated carbocycles. The highest BCUT2D eigenvalue weighted by Crippen LogP contribution is 2.08. The topological polar surface area (TPSA) is 43.8 Å². The molecule has 0 spiro atoms. The van der Waals surface area contributed by atoms with E-state index < -0.39 is 0 Å². The maximum absolute atomic E-state index is 5.97. The van der Waals surface area contributed by atoms with Crippen LogP contribution in [0.25, 0.3) is 0 Å². The van der Waals surface area contributed by atoms with E-state index in [0.717, 1.165) is 30.8 Å². The Morgan fingerprint density at radius 2 is 2.17 bits per heavy atom. The molecular weight excluding hydrogens is 222 g/mol. The van der Waals surface area contributed by atoms with Crippen molar-refractivity contribution in [2.24, 2.45) is 5.73 Å². The zero-order valence-electron chi connectivity index (χ0n) is 11.1. The second-order valence-corrected chi connectivity index (χ2v) is 4.83. The number of aromatic nitrogens is 2. The summed E-state index contributed by atoms with van der Waals surface area (Å²) in [6.45, 7) is 4.96. The van der Waals surface area contributed by atoms with Crippen LogP contribution < -0.4 is 5.73 Å². The molecule has 0 aromatic carbocycles. The minimum atomic E-state index is 0.262. The minimum Gasteiger partial charge on any atom is -0.348 e. The maximum atomic E-state index is 5.97. The van der Waals surface area contributed by atoms with E-state index in [1.807, 2.05) is 13.0 Å². The molecule has 0 aliphatic heterocycles. The van der Waals surface area contributed by atoms with Crippen molar-refractivity contribution in [1.82, 2.24) is 9.55 Å². The van der Waals surface area contributed by atoms with Gasteiger partial charge in [-0.1, -0.05) is 13.0 Å². The molecule has 18 heavy (non-hydrogen) atoms. The summed E-state index contributed by atoms with van der Waals surface area (Å²) >= 11 is 0. The molecule has 96 valence electrons. The Morgan fingerprint density at radius 1 is 1.33 bits per heavy atom. The maximum Gasteiger partial charge on any atom is 0.0642 e. The van der Waals surface area contributed by atoms with Gasteiger partial charge in [0.2, 0.25) is 0 Å². The van der Waals surface area contributed by atoms with Gasteiger partial charge in [0.1, 0.15) is 0 Å². The lowest BCUT2D eigenvalue weighted by molar-refractivity contribution is 0.644. The van der Waals surface area contributed by atoms with Crippen molar-refractivity contribution in [2.75, 3.05) is 0 Å². The van der Waals surface area contributed by atoms with E-state index in [1.54, 1.807) is 0 Å². The number of hydrogen-bond acceptors (Lipinski definition) is 2. The summed E-state index contributed by atoms with van der Waals surface area (Å²) in [7, 11) is 0. The zero-order valence-corrected chi connectivity index (χ0v) is 11.1. The Labute approximate surface area is 109 Å². The summed E-state index contributed by atoms with van der Waals surface area (Å²) in [5.41, 5.74) is 9.43. The van der Waals surface area contributed by atoms with Gasteiger partial charge in [0.15, 0.2) is 0 Å². The highest BCUT2D eigenvalue weighted by molar-refractivity contribution is 5.15. The molecule has 0 bridgehead atoms. The van der Waals surface area contributed by atoms with Gasteiger partial charge < -0.3 is 10.3 Å². The smallest absolute Gasteiger partial charge is 0.0642 e. The van der Waals surface area contributed by atoms with Gasteiger partial charge in [-0.25, -0.2) is 0 Å². The Kier molecular flexibility index (Phi) is 4.15. The third kappa shape index (κ3) is 3.44. The monoisotopic (exact) mass is 243 g/mol. The number of hydrogen-bond donors (Lipinski definition) is 1. The van der Waals surface area contributed by atoms with Crippen LogP contribution in [-0.4, -0.2) is 15.6 Å². The SMILES string of the molecule is CCC(N)Cc1ccn(Cc2cccc(C)n2)c1. The first-order valence-corrected chi connectivity index (χ1v) is 6.50. The first-order valence-electron chi connectivity index (χ1n) is 6.50. The molecule has 3 nitrogen and oxygen atoms in total. The largest absolute Gasteiger partial charge is 0.348 e. The summed E-state index contributed by atoms with van der Waals surface area (Å²) in [6, 6.07) is 8.54. The van der Waals surface area contributed by atoms with E-state index in [9.17, 15) is 0 Å². The summed E-state index contributed by atoms with van der Waals surface area (Å²) in [6.07, 6.45) is 6.23. The predicted molar refractivity (Wildman–Crippen MR) is 74.5 cm³/mol. The number of nitrogens with zero attached hydrogens (tertiary/aromatic N) is 2. The second-order valence-electron chi connectivity index (χ2n) is 4.83. The molecule has 2 aromatic rings. The Bertz CT molecular complexity index is 502. The molecule has 0 radical (unpaired) electrons. The molecule has 0 aliphatic rings. The van der Waals surface area contributed by atoms with Crippen LogP contribution in [0.15, 0.2) is 36.7 Å². The van der Waals surface area contributed by atoms with E-state index in [0.29, 0.717) is 0 Å². The van der Waals surface area contributed by atoms with Crippen LogP contribution >= 0.6 is 0 Å². The molecule has 3 heteroatoms. The predicted octanol–water partition coefficient (Wildman–Crippen LogP) is 2.52. The van der Waals surface area contributed by atoms with E-state index in [-0.39, 0.29) is 6.04 Å². The highest BCUT2D eigenvalue weighted by Gasteiger charge is 2.04. The molecule has 2 rings (SSSR count). The normalized spacial score (nSPS) is 12.6. The molecule has 0 aliphatic carbocycles.